The van der Waals surface area contributed by atoms with E-state index in [1.165, 1.54) is 22.6 Å². The Hall–Kier alpha value is -1.80. The van der Waals surface area contributed by atoms with Crippen molar-refractivity contribution in [1.82, 2.24) is 10.6 Å². The quantitative estimate of drug-likeness (QED) is 0.472. The van der Waals surface area contributed by atoms with Crippen LogP contribution in [-0.2, 0) is 11.3 Å². The molecule has 0 bridgehead atoms. The molecule has 28 heavy (non-hydrogen) atoms. The van der Waals surface area contributed by atoms with Crippen LogP contribution in [0.25, 0.3) is 0 Å². The Morgan fingerprint density at radius 1 is 1.25 bits per heavy atom. The van der Waals surface area contributed by atoms with Gasteiger partial charge in [-0.3, -0.25) is 0 Å². The number of hydrogen-bond acceptors (Lipinski definition) is 5. The molecule has 0 radical (unpaired) electrons. The summed E-state index contributed by atoms with van der Waals surface area (Å²) >= 11 is 7.34. The lowest BCUT2D eigenvalue weighted by Gasteiger charge is -2.30. The third-order valence-electron chi connectivity index (χ3n) is 4.48. The fourth-order valence-electron chi connectivity index (χ4n) is 3.06. The van der Waals surface area contributed by atoms with Gasteiger partial charge in [-0.15, -0.1) is 11.3 Å². The summed E-state index contributed by atoms with van der Waals surface area (Å²) in [6.07, 6.45) is -0.623. The lowest BCUT2D eigenvalue weighted by Crippen LogP contribution is -2.39. The summed E-state index contributed by atoms with van der Waals surface area (Å²) in [4.78, 5) is 7.90. The molecule has 0 amide bonds. The average Bonchev–Trinajstić information content (AvgIpc) is 3.17. The molecule has 0 aliphatic carbocycles. The van der Waals surface area contributed by atoms with E-state index in [1.807, 2.05) is 19.1 Å². The first-order chi connectivity index (χ1) is 13.7. The zero-order valence-electron chi connectivity index (χ0n) is 16.0. The Kier molecular flexibility index (Phi) is 7.97. The van der Waals surface area contributed by atoms with Gasteiger partial charge in [0.15, 0.2) is 5.96 Å². The van der Waals surface area contributed by atoms with Crippen LogP contribution in [0.2, 0.25) is 4.34 Å². The number of thiophene rings is 1. The Morgan fingerprint density at radius 2 is 2.04 bits per heavy atom. The number of halogens is 1. The van der Waals surface area contributed by atoms with Crippen LogP contribution in [0, 0.1) is 0 Å². The molecule has 2 aromatic rings. The minimum absolute atomic E-state index is 0.369. The number of nitrogens with one attached hydrogen (secondary N) is 2. The first-order valence-corrected chi connectivity index (χ1v) is 10.7. The van der Waals surface area contributed by atoms with Crippen LogP contribution in [0.1, 0.15) is 23.5 Å². The predicted molar refractivity (Wildman–Crippen MR) is 117 cm³/mol. The summed E-state index contributed by atoms with van der Waals surface area (Å²) in [5.74, 6) is 0.681. The maximum atomic E-state index is 10.3. The number of hydrogen-bond donors (Lipinski definition) is 3. The molecule has 1 aliphatic rings. The molecular weight excluding hydrogens is 396 g/mol. The van der Waals surface area contributed by atoms with Crippen LogP contribution < -0.4 is 15.5 Å². The molecule has 3 N–H and O–H groups in total. The first kappa shape index (κ1) is 20.9. The molecule has 0 spiro atoms. The van der Waals surface area contributed by atoms with E-state index < -0.39 is 6.10 Å². The topological polar surface area (TPSA) is 69.1 Å². The van der Waals surface area contributed by atoms with Gasteiger partial charge in [-0.1, -0.05) is 29.8 Å². The molecule has 6 nitrogen and oxygen atoms in total. The largest absolute Gasteiger partial charge is 0.386 e. The standard InChI is InChI=1S/C20H27ClN4O2S/c1-2-22-20(24-14-17(26)18-7-8-19(21)28-18)23-13-15-5-3-4-6-16(15)25-9-11-27-12-10-25/h3-8,17,26H,2,9-14H2,1H3,(H2,22,23,24). The number of benzene rings is 1. The van der Waals surface area contributed by atoms with Crippen molar-refractivity contribution < 1.29 is 9.84 Å². The average molecular weight is 423 g/mol. The zero-order valence-corrected chi connectivity index (χ0v) is 17.6. The summed E-state index contributed by atoms with van der Waals surface area (Å²) in [6.45, 7) is 7.01. The summed E-state index contributed by atoms with van der Waals surface area (Å²) < 4.78 is 6.14. The van der Waals surface area contributed by atoms with E-state index in [-0.39, 0.29) is 0 Å². The normalized spacial score (nSPS) is 16.1. The maximum Gasteiger partial charge on any atom is 0.191 e. The van der Waals surface area contributed by atoms with E-state index in [1.54, 1.807) is 6.07 Å². The number of aliphatic hydroxyl groups excluding tert-OH is 1. The van der Waals surface area contributed by atoms with Gasteiger partial charge in [0.1, 0.15) is 6.10 Å². The summed E-state index contributed by atoms with van der Waals surface area (Å²) in [6, 6.07) is 12.0. The lowest BCUT2D eigenvalue weighted by molar-refractivity contribution is 0.122. The second kappa shape index (κ2) is 10.7. The van der Waals surface area contributed by atoms with E-state index in [0.29, 0.717) is 23.4 Å². The lowest BCUT2D eigenvalue weighted by atomic mass is 10.1. The molecule has 1 fully saturated rings. The number of aliphatic imine (C=N–C) groups is 1. The third-order valence-corrected chi connectivity index (χ3v) is 5.81. The fourth-order valence-corrected chi connectivity index (χ4v) is 4.11. The van der Waals surface area contributed by atoms with Crippen molar-refractivity contribution in [2.45, 2.75) is 19.6 Å². The number of guanidine groups is 1. The summed E-state index contributed by atoms with van der Waals surface area (Å²) in [7, 11) is 0. The molecule has 8 heteroatoms. The summed E-state index contributed by atoms with van der Waals surface area (Å²) in [5.41, 5.74) is 2.38. The molecule has 1 unspecified atom stereocenters. The van der Waals surface area contributed by atoms with Gasteiger partial charge >= 0.3 is 0 Å². The number of rotatable bonds is 7. The van der Waals surface area contributed by atoms with Crippen molar-refractivity contribution in [3.05, 3.63) is 51.2 Å². The minimum atomic E-state index is -0.623. The van der Waals surface area contributed by atoms with Crippen LogP contribution >= 0.6 is 22.9 Å². The van der Waals surface area contributed by atoms with Crippen LogP contribution in [0.4, 0.5) is 5.69 Å². The molecule has 1 aliphatic heterocycles. The second-order valence-electron chi connectivity index (χ2n) is 6.46. The van der Waals surface area contributed by atoms with E-state index in [4.69, 9.17) is 21.3 Å². The van der Waals surface area contributed by atoms with Gasteiger partial charge in [0, 0.05) is 36.7 Å². The van der Waals surface area contributed by atoms with Crippen molar-refractivity contribution in [2.75, 3.05) is 44.3 Å². The molecular formula is C20H27ClN4O2S. The Labute approximate surface area is 175 Å². The number of anilines is 1. The number of morpholine rings is 1. The number of para-hydroxylation sites is 1. The van der Waals surface area contributed by atoms with Crippen molar-refractivity contribution >= 4 is 34.6 Å². The molecule has 2 heterocycles. The highest BCUT2D eigenvalue weighted by atomic mass is 35.5. The third kappa shape index (κ3) is 5.85. The van der Waals surface area contributed by atoms with Crippen LogP contribution in [-0.4, -0.2) is 50.5 Å². The second-order valence-corrected chi connectivity index (χ2v) is 8.21. The Morgan fingerprint density at radius 3 is 2.75 bits per heavy atom. The minimum Gasteiger partial charge on any atom is -0.386 e. The highest BCUT2D eigenvalue weighted by Gasteiger charge is 2.15. The number of aliphatic hydroxyl groups is 1. The number of nitrogens with zero attached hydrogens (tertiary/aromatic N) is 2. The first-order valence-electron chi connectivity index (χ1n) is 9.53. The molecule has 0 saturated carbocycles. The molecule has 1 atom stereocenters. The SMILES string of the molecule is CCNC(=NCc1ccccc1N1CCOCC1)NCC(O)c1ccc(Cl)s1. The Balaban J connectivity index is 1.64. The van der Waals surface area contributed by atoms with Gasteiger partial charge in [0.05, 0.1) is 24.1 Å². The van der Waals surface area contributed by atoms with E-state index in [2.05, 4.69) is 33.7 Å². The molecule has 1 aromatic heterocycles. The van der Waals surface area contributed by atoms with Gasteiger partial charge in [0.2, 0.25) is 0 Å². The van der Waals surface area contributed by atoms with Crippen LogP contribution in [0.3, 0.4) is 0 Å². The molecule has 1 saturated heterocycles. The predicted octanol–water partition coefficient (Wildman–Crippen LogP) is 3.03. The summed E-state index contributed by atoms with van der Waals surface area (Å²) in [5, 5.41) is 16.8. The fraction of sp³-hybridized carbons (Fsp3) is 0.450. The molecule has 152 valence electrons. The molecule has 3 rings (SSSR count). The van der Waals surface area contributed by atoms with Gasteiger partial charge in [0.25, 0.3) is 0 Å². The monoisotopic (exact) mass is 422 g/mol. The van der Waals surface area contributed by atoms with Gasteiger partial charge < -0.3 is 25.4 Å². The zero-order chi connectivity index (χ0) is 19.8. The van der Waals surface area contributed by atoms with Gasteiger partial charge in [-0.25, -0.2) is 4.99 Å². The van der Waals surface area contributed by atoms with Crippen molar-refractivity contribution in [3.8, 4) is 0 Å². The smallest absolute Gasteiger partial charge is 0.191 e. The van der Waals surface area contributed by atoms with E-state index in [0.717, 1.165) is 37.7 Å². The maximum absolute atomic E-state index is 10.3. The van der Waals surface area contributed by atoms with E-state index in [9.17, 15) is 5.11 Å². The highest BCUT2D eigenvalue weighted by Crippen LogP contribution is 2.26. The van der Waals surface area contributed by atoms with E-state index >= 15 is 0 Å². The van der Waals surface area contributed by atoms with Crippen molar-refractivity contribution in [3.63, 3.8) is 0 Å². The molecule has 1 aromatic carbocycles. The van der Waals surface area contributed by atoms with Gasteiger partial charge in [-0.05, 0) is 30.7 Å². The van der Waals surface area contributed by atoms with Crippen LogP contribution in [0.5, 0.6) is 0 Å². The van der Waals surface area contributed by atoms with Crippen molar-refractivity contribution in [2.24, 2.45) is 4.99 Å². The van der Waals surface area contributed by atoms with Crippen molar-refractivity contribution in [1.29, 1.82) is 0 Å². The van der Waals surface area contributed by atoms with Crippen LogP contribution in [0.15, 0.2) is 41.4 Å². The highest BCUT2D eigenvalue weighted by molar-refractivity contribution is 7.16. The number of ether oxygens (including phenoxy) is 1. The van der Waals surface area contributed by atoms with Gasteiger partial charge in [-0.2, -0.15) is 0 Å². The Bertz CT molecular complexity index is 777.